The van der Waals surface area contributed by atoms with E-state index in [9.17, 15) is 14.4 Å². The van der Waals surface area contributed by atoms with Gasteiger partial charge >= 0.3 is 11.8 Å². The number of nitrogens with one attached hydrogen (secondary N) is 2. The van der Waals surface area contributed by atoms with E-state index >= 15 is 0 Å². The van der Waals surface area contributed by atoms with Crippen molar-refractivity contribution in [2.45, 2.75) is 12.8 Å². The van der Waals surface area contributed by atoms with Crippen molar-refractivity contribution in [1.82, 2.24) is 20.4 Å². The van der Waals surface area contributed by atoms with Crippen LogP contribution in [0.3, 0.4) is 0 Å². The lowest BCUT2D eigenvalue weighted by molar-refractivity contribution is -0.139. The third-order valence-electron chi connectivity index (χ3n) is 4.27. The Kier molecular flexibility index (Phi) is 7.00. The SMILES string of the molecule is CN(C)CCNC(=O)C(=O)NCC1CCN(C(=O)c2ccoc2)CC1. The van der Waals surface area contributed by atoms with Crippen LogP contribution in [0, 0.1) is 5.92 Å². The van der Waals surface area contributed by atoms with Gasteiger partial charge in [0.05, 0.1) is 11.8 Å². The molecule has 8 heteroatoms. The number of amides is 3. The third-order valence-corrected chi connectivity index (χ3v) is 4.27. The molecule has 0 atom stereocenters. The lowest BCUT2D eigenvalue weighted by atomic mass is 9.96. The molecule has 0 aromatic carbocycles. The molecular weight excluding hydrogens is 324 g/mol. The van der Waals surface area contributed by atoms with Crippen molar-refractivity contribution in [1.29, 1.82) is 0 Å². The molecule has 138 valence electrons. The molecule has 0 saturated carbocycles. The molecule has 2 heterocycles. The average Bonchev–Trinajstić information content (AvgIpc) is 3.13. The number of carbonyl (C=O) groups excluding carboxylic acids is 3. The number of nitrogens with zero attached hydrogens (tertiary/aromatic N) is 2. The maximum Gasteiger partial charge on any atom is 0.309 e. The van der Waals surface area contributed by atoms with Crippen LogP contribution in [0.1, 0.15) is 23.2 Å². The number of rotatable bonds is 6. The summed E-state index contributed by atoms with van der Waals surface area (Å²) in [6.45, 7) is 2.85. The number of carbonyl (C=O) groups is 3. The Morgan fingerprint density at radius 3 is 2.48 bits per heavy atom. The highest BCUT2D eigenvalue weighted by molar-refractivity contribution is 6.35. The van der Waals surface area contributed by atoms with Crippen molar-refractivity contribution < 1.29 is 18.8 Å². The molecule has 1 fully saturated rings. The number of hydrogen-bond acceptors (Lipinski definition) is 5. The molecular formula is C17H26N4O4. The summed E-state index contributed by atoms with van der Waals surface area (Å²) in [5.41, 5.74) is 0.557. The van der Waals surface area contributed by atoms with E-state index in [-0.39, 0.29) is 11.8 Å². The van der Waals surface area contributed by atoms with Crippen molar-refractivity contribution in [2.24, 2.45) is 5.92 Å². The first kappa shape index (κ1) is 19.0. The maximum absolute atomic E-state index is 12.2. The van der Waals surface area contributed by atoms with Crippen LogP contribution in [0.15, 0.2) is 23.0 Å². The van der Waals surface area contributed by atoms with Crippen molar-refractivity contribution in [2.75, 3.05) is 46.8 Å². The molecule has 8 nitrogen and oxygen atoms in total. The molecule has 1 saturated heterocycles. The fraction of sp³-hybridized carbons (Fsp3) is 0.588. The summed E-state index contributed by atoms with van der Waals surface area (Å²) in [6.07, 6.45) is 4.53. The van der Waals surface area contributed by atoms with E-state index in [0.717, 1.165) is 12.8 Å². The topological polar surface area (TPSA) is 94.9 Å². The van der Waals surface area contributed by atoms with Gasteiger partial charge in [-0.15, -0.1) is 0 Å². The summed E-state index contributed by atoms with van der Waals surface area (Å²) in [7, 11) is 3.80. The van der Waals surface area contributed by atoms with Crippen molar-refractivity contribution in [3.63, 3.8) is 0 Å². The van der Waals surface area contributed by atoms with Crippen LogP contribution >= 0.6 is 0 Å². The van der Waals surface area contributed by atoms with Gasteiger partial charge in [0.2, 0.25) is 0 Å². The molecule has 0 aliphatic carbocycles. The molecule has 1 aliphatic rings. The van der Waals surface area contributed by atoms with E-state index in [1.165, 1.54) is 12.5 Å². The second-order valence-electron chi connectivity index (χ2n) is 6.52. The standard InChI is InChI=1S/C17H26N4O4/c1-20(2)9-6-18-15(22)16(23)19-11-13-3-7-21(8-4-13)17(24)14-5-10-25-12-14/h5,10,12-13H,3-4,6-9,11H2,1-2H3,(H,18,22)(H,19,23). The van der Waals surface area contributed by atoms with Crippen molar-refractivity contribution >= 4 is 17.7 Å². The molecule has 1 aliphatic heterocycles. The van der Waals surface area contributed by atoms with E-state index in [1.54, 1.807) is 11.0 Å². The molecule has 2 rings (SSSR count). The minimum atomic E-state index is -0.602. The molecule has 0 radical (unpaired) electrons. The van der Waals surface area contributed by atoms with Gasteiger partial charge in [0.15, 0.2) is 0 Å². The zero-order chi connectivity index (χ0) is 18.2. The lowest BCUT2D eigenvalue weighted by Crippen LogP contribution is -2.45. The van der Waals surface area contributed by atoms with E-state index < -0.39 is 11.8 Å². The predicted octanol–water partition coefficient (Wildman–Crippen LogP) is -0.0742. The summed E-state index contributed by atoms with van der Waals surface area (Å²) in [5.74, 6) is -0.964. The molecule has 2 N–H and O–H groups in total. The number of likely N-dealkylation sites (tertiary alicyclic amines) is 1. The Hall–Kier alpha value is -2.35. The van der Waals surface area contributed by atoms with Gasteiger partial charge in [-0.2, -0.15) is 0 Å². The second-order valence-corrected chi connectivity index (χ2v) is 6.52. The van der Waals surface area contributed by atoms with E-state index in [2.05, 4.69) is 10.6 Å². The van der Waals surface area contributed by atoms with E-state index in [4.69, 9.17) is 4.42 Å². The largest absolute Gasteiger partial charge is 0.472 e. The molecule has 1 aromatic heterocycles. The van der Waals surface area contributed by atoms with Crippen LogP contribution in [-0.2, 0) is 9.59 Å². The van der Waals surface area contributed by atoms with E-state index in [0.29, 0.717) is 38.3 Å². The third kappa shape index (κ3) is 5.90. The summed E-state index contributed by atoms with van der Waals surface area (Å²) in [5, 5.41) is 5.26. The summed E-state index contributed by atoms with van der Waals surface area (Å²) in [6, 6.07) is 1.66. The smallest absolute Gasteiger partial charge is 0.309 e. The number of likely N-dealkylation sites (N-methyl/N-ethyl adjacent to an activating group) is 1. The predicted molar refractivity (Wildman–Crippen MR) is 91.9 cm³/mol. The minimum Gasteiger partial charge on any atom is -0.472 e. The zero-order valence-electron chi connectivity index (χ0n) is 14.8. The van der Waals surface area contributed by atoms with Crippen LogP contribution in [0.5, 0.6) is 0 Å². The quantitative estimate of drug-likeness (QED) is 0.700. The van der Waals surface area contributed by atoms with Crippen LogP contribution in [-0.4, -0.2) is 74.3 Å². The molecule has 0 spiro atoms. The molecule has 3 amide bonds. The van der Waals surface area contributed by atoms with Crippen LogP contribution in [0.2, 0.25) is 0 Å². The monoisotopic (exact) mass is 350 g/mol. The Morgan fingerprint density at radius 2 is 1.88 bits per heavy atom. The normalized spacial score (nSPS) is 15.2. The van der Waals surface area contributed by atoms with Gasteiger partial charge in [-0.05, 0) is 38.9 Å². The Labute approximate surface area is 147 Å². The van der Waals surface area contributed by atoms with Gasteiger partial charge in [-0.1, -0.05) is 0 Å². The molecule has 1 aromatic rings. The molecule has 25 heavy (non-hydrogen) atoms. The summed E-state index contributed by atoms with van der Waals surface area (Å²) < 4.78 is 4.94. The van der Waals surface area contributed by atoms with Gasteiger partial charge in [0, 0.05) is 32.7 Å². The molecule has 0 bridgehead atoms. The van der Waals surface area contributed by atoms with Crippen LogP contribution < -0.4 is 10.6 Å². The molecule has 0 unspecified atom stereocenters. The van der Waals surface area contributed by atoms with Gasteiger partial charge < -0.3 is 24.9 Å². The highest BCUT2D eigenvalue weighted by Gasteiger charge is 2.25. The van der Waals surface area contributed by atoms with E-state index in [1.807, 2.05) is 19.0 Å². The number of piperidine rings is 1. The van der Waals surface area contributed by atoms with Gasteiger partial charge in [0.1, 0.15) is 6.26 Å². The van der Waals surface area contributed by atoms with Crippen molar-refractivity contribution in [3.8, 4) is 0 Å². The fourth-order valence-electron chi connectivity index (χ4n) is 2.70. The average molecular weight is 350 g/mol. The second kappa shape index (κ2) is 9.22. The lowest BCUT2D eigenvalue weighted by Gasteiger charge is -2.31. The van der Waals surface area contributed by atoms with Gasteiger partial charge in [0.25, 0.3) is 5.91 Å². The minimum absolute atomic E-state index is 0.0310. The Morgan fingerprint density at radius 1 is 1.20 bits per heavy atom. The Bertz CT molecular complexity index is 577. The zero-order valence-corrected chi connectivity index (χ0v) is 14.8. The summed E-state index contributed by atoms with van der Waals surface area (Å²) >= 11 is 0. The highest BCUT2D eigenvalue weighted by Crippen LogP contribution is 2.18. The maximum atomic E-state index is 12.2. The Balaban J connectivity index is 1.65. The van der Waals surface area contributed by atoms with Crippen LogP contribution in [0.25, 0.3) is 0 Å². The van der Waals surface area contributed by atoms with Gasteiger partial charge in [-0.25, -0.2) is 0 Å². The van der Waals surface area contributed by atoms with Crippen molar-refractivity contribution in [3.05, 3.63) is 24.2 Å². The first-order valence-corrected chi connectivity index (χ1v) is 8.49. The van der Waals surface area contributed by atoms with Crippen LogP contribution in [0.4, 0.5) is 0 Å². The first-order valence-electron chi connectivity index (χ1n) is 8.49. The highest BCUT2D eigenvalue weighted by atomic mass is 16.3. The van der Waals surface area contributed by atoms with Gasteiger partial charge in [-0.3, -0.25) is 14.4 Å². The first-order chi connectivity index (χ1) is 12.0. The number of hydrogen-bond donors (Lipinski definition) is 2. The fourth-order valence-corrected chi connectivity index (χ4v) is 2.70. The summed E-state index contributed by atoms with van der Waals surface area (Å²) in [4.78, 5) is 39.4. The number of furan rings is 1.